The Morgan fingerprint density at radius 2 is 2.24 bits per heavy atom. The summed E-state index contributed by atoms with van der Waals surface area (Å²) in [4.78, 5) is 11.3. The molecule has 0 aromatic heterocycles. The molecule has 0 amide bonds. The summed E-state index contributed by atoms with van der Waals surface area (Å²) < 4.78 is 9.86. The Morgan fingerprint density at radius 1 is 1.53 bits per heavy atom. The lowest BCUT2D eigenvalue weighted by Crippen LogP contribution is -2.08. The monoisotopic (exact) mass is 253 g/mol. The zero-order valence-corrected chi connectivity index (χ0v) is 10.4. The van der Waals surface area contributed by atoms with Crippen molar-refractivity contribution in [2.24, 2.45) is 0 Å². The molecular weight excluding hydrogens is 242 g/mol. The summed E-state index contributed by atoms with van der Waals surface area (Å²) in [5.41, 5.74) is 0.923. The van der Waals surface area contributed by atoms with Crippen molar-refractivity contribution in [3.05, 3.63) is 28.3 Å². The Morgan fingerprint density at radius 3 is 2.76 bits per heavy atom. The number of nitrogens with zero attached hydrogens (tertiary/aromatic N) is 1. The fraction of sp³-hybridized carbons (Fsp3) is 0.333. The first kappa shape index (κ1) is 13.3. The van der Waals surface area contributed by atoms with Gasteiger partial charge in [-0.15, -0.1) is 0 Å². The Bertz CT molecular complexity index is 466. The molecule has 0 aliphatic carbocycles. The molecule has 17 heavy (non-hydrogen) atoms. The molecule has 90 valence electrons. The highest BCUT2D eigenvalue weighted by Crippen LogP contribution is 2.29. The molecule has 0 aliphatic heterocycles. The Labute approximate surface area is 105 Å². The van der Waals surface area contributed by atoms with Crippen LogP contribution in [0.2, 0.25) is 5.02 Å². The predicted octanol–water partition coefficient (Wildman–Crippen LogP) is 2.33. The maximum absolute atomic E-state index is 11.3. The number of rotatable bonds is 4. The molecule has 5 heteroatoms. The van der Waals surface area contributed by atoms with Gasteiger partial charge >= 0.3 is 5.97 Å². The molecule has 0 radical (unpaired) electrons. The summed E-state index contributed by atoms with van der Waals surface area (Å²) in [5, 5.41) is 9.15. The predicted molar refractivity (Wildman–Crippen MR) is 63.1 cm³/mol. The Hall–Kier alpha value is -1.73. The molecule has 0 saturated carbocycles. The summed E-state index contributed by atoms with van der Waals surface area (Å²) in [7, 11) is 1.45. The van der Waals surface area contributed by atoms with Gasteiger partial charge in [-0.2, -0.15) is 5.26 Å². The zero-order valence-electron chi connectivity index (χ0n) is 9.62. The summed E-state index contributed by atoms with van der Waals surface area (Å²) in [5.74, 6) is 0.0331. The lowest BCUT2D eigenvalue weighted by Gasteiger charge is -2.08. The number of methoxy groups -OCH3 is 1. The van der Waals surface area contributed by atoms with Gasteiger partial charge in [0, 0.05) is 0 Å². The third-order valence-corrected chi connectivity index (χ3v) is 2.48. The number of ether oxygens (including phenoxy) is 2. The number of benzene rings is 1. The van der Waals surface area contributed by atoms with Crippen LogP contribution in [-0.4, -0.2) is 19.7 Å². The van der Waals surface area contributed by atoms with Crippen LogP contribution in [0.4, 0.5) is 0 Å². The van der Waals surface area contributed by atoms with Crippen molar-refractivity contribution in [1.82, 2.24) is 0 Å². The minimum Gasteiger partial charge on any atom is -0.495 e. The zero-order chi connectivity index (χ0) is 12.8. The average Bonchev–Trinajstić information content (AvgIpc) is 2.31. The van der Waals surface area contributed by atoms with Gasteiger partial charge in [0.25, 0.3) is 0 Å². The van der Waals surface area contributed by atoms with Gasteiger partial charge in [0.15, 0.2) is 0 Å². The number of nitriles is 1. The van der Waals surface area contributed by atoms with Crippen LogP contribution >= 0.6 is 11.6 Å². The first-order valence-corrected chi connectivity index (χ1v) is 5.42. The third-order valence-electron chi connectivity index (χ3n) is 2.09. The normalized spacial score (nSPS) is 9.53. The van der Waals surface area contributed by atoms with E-state index in [9.17, 15) is 4.79 Å². The molecule has 1 aromatic rings. The number of hydrogen-bond donors (Lipinski definition) is 0. The van der Waals surface area contributed by atoms with Crippen molar-refractivity contribution in [3.8, 4) is 11.8 Å². The maximum atomic E-state index is 11.3. The molecule has 0 aliphatic rings. The van der Waals surface area contributed by atoms with Crippen LogP contribution in [0.1, 0.15) is 18.1 Å². The van der Waals surface area contributed by atoms with Crippen LogP contribution in [0.25, 0.3) is 0 Å². The van der Waals surface area contributed by atoms with E-state index in [4.69, 9.17) is 26.3 Å². The van der Waals surface area contributed by atoms with Gasteiger partial charge < -0.3 is 9.47 Å². The standard InChI is InChI=1S/C12H12ClNO3/c1-3-17-11(15)6-8-4-9(7-14)12(13)10(5-8)16-2/h4-5H,3,6H2,1-2H3. The summed E-state index contributed by atoms with van der Waals surface area (Å²) in [6.45, 7) is 2.07. The second-order valence-electron chi connectivity index (χ2n) is 3.25. The molecule has 0 bridgehead atoms. The van der Waals surface area contributed by atoms with Crippen LogP contribution in [0.15, 0.2) is 12.1 Å². The minimum absolute atomic E-state index is 0.0933. The second-order valence-corrected chi connectivity index (χ2v) is 3.63. The molecule has 1 aromatic carbocycles. The van der Waals surface area contributed by atoms with Crippen LogP contribution in [-0.2, 0) is 16.0 Å². The average molecular weight is 254 g/mol. The first-order chi connectivity index (χ1) is 8.12. The van der Waals surface area contributed by atoms with E-state index in [1.54, 1.807) is 19.1 Å². The largest absolute Gasteiger partial charge is 0.495 e. The van der Waals surface area contributed by atoms with E-state index in [0.29, 0.717) is 17.9 Å². The fourth-order valence-corrected chi connectivity index (χ4v) is 1.59. The van der Waals surface area contributed by atoms with Crippen molar-refractivity contribution in [2.75, 3.05) is 13.7 Å². The van der Waals surface area contributed by atoms with Crippen LogP contribution in [0.3, 0.4) is 0 Å². The molecular formula is C12H12ClNO3. The van der Waals surface area contributed by atoms with E-state index < -0.39 is 0 Å². The number of halogens is 1. The number of carbonyl (C=O) groups is 1. The third kappa shape index (κ3) is 3.36. The number of esters is 1. The molecule has 0 heterocycles. The van der Waals surface area contributed by atoms with Gasteiger partial charge in [-0.05, 0) is 24.6 Å². The van der Waals surface area contributed by atoms with Crippen LogP contribution in [0.5, 0.6) is 5.75 Å². The number of carbonyl (C=O) groups excluding carboxylic acids is 1. The van der Waals surface area contributed by atoms with Crippen LogP contribution in [0, 0.1) is 11.3 Å². The quantitative estimate of drug-likeness (QED) is 0.773. The van der Waals surface area contributed by atoms with Crippen molar-refractivity contribution in [3.63, 3.8) is 0 Å². The van der Waals surface area contributed by atoms with E-state index in [0.717, 1.165) is 0 Å². The van der Waals surface area contributed by atoms with E-state index >= 15 is 0 Å². The van der Waals surface area contributed by atoms with Gasteiger partial charge in [0.2, 0.25) is 0 Å². The lowest BCUT2D eigenvalue weighted by molar-refractivity contribution is -0.142. The van der Waals surface area contributed by atoms with Gasteiger partial charge in [-0.3, -0.25) is 4.79 Å². The molecule has 0 saturated heterocycles. The summed E-state index contributed by atoms with van der Waals surface area (Å²) >= 11 is 5.92. The smallest absolute Gasteiger partial charge is 0.310 e. The Balaban J connectivity index is 3.02. The van der Waals surface area contributed by atoms with Gasteiger partial charge in [0.1, 0.15) is 16.8 Å². The topological polar surface area (TPSA) is 59.3 Å². The summed E-state index contributed by atoms with van der Waals surface area (Å²) in [6.07, 6.45) is 0.0933. The molecule has 0 N–H and O–H groups in total. The van der Waals surface area contributed by atoms with Gasteiger partial charge in [0.05, 0.1) is 25.7 Å². The molecule has 0 spiro atoms. The van der Waals surface area contributed by atoms with Crippen molar-refractivity contribution in [1.29, 1.82) is 5.26 Å². The van der Waals surface area contributed by atoms with E-state index in [1.807, 2.05) is 6.07 Å². The first-order valence-electron chi connectivity index (χ1n) is 5.04. The van der Waals surface area contributed by atoms with Gasteiger partial charge in [-0.25, -0.2) is 0 Å². The molecule has 0 unspecified atom stereocenters. The van der Waals surface area contributed by atoms with Crippen molar-refractivity contribution in [2.45, 2.75) is 13.3 Å². The lowest BCUT2D eigenvalue weighted by atomic mass is 10.1. The van der Waals surface area contributed by atoms with E-state index in [2.05, 4.69) is 0 Å². The van der Waals surface area contributed by atoms with Crippen LogP contribution < -0.4 is 4.74 Å². The SMILES string of the molecule is CCOC(=O)Cc1cc(C#N)c(Cl)c(OC)c1. The molecule has 0 atom stereocenters. The highest BCUT2D eigenvalue weighted by Gasteiger charge is 2.12. The molecule has 0 fully saturated rings. The van der Waals surface area contributed by atoms with Crippen molar-refractivity contribution < 1.29 is 14.3 Å². The maximum Gasteiger partial charge on any atom is 0.310 e. The van der Waals surface area contributed by atoms with Gasteiger partial charge in [-0.1, -0.05) is 11.6 Å². The fourth-order valence-electron chi connectivity index (χ4n) is 1.37. The minimum atomic E-state index is -0.347. The molecule has 1 rings (SSSR count). The van der Waals surface area contributed by atoms with E-state index in [-0.39, 0.29) is 23.0 Å². The molecule has 4 nitrogen and oxygen atoms in total. The van der Waals surface area contributed by atoms with Crippen molar-refractivity contribution >= 4 is 17.6 Å². The Kier molecular flexibility index (Phi) is 4.80. The second kappa shape index (κ2) is 6.12. The summed E-state index contributed by atoms with van der Waals surface area (Å²) in [6, 6.07) is 5.13. The number of hydrogen-bond acceptors (Lipinski definition) is 4. The highest BCUT2D eigenvalue weighted by molar-refractivity contribution is 6.33. The highest BCUT2D eigenvalue weighted by atomic mass is 35.5. The van der Waals surface area contributed by atoms with E-state index in [1.165, 1.54) is 7.11 Å².